The minimum atomic E-state index is -0.200. The largest absolute Gasteiger partial charge is 0.396 e. The van der Waals surface area contributed by atoms with Crippen molar-refractivity contribution in [1.29, 1.82) is 0 Å². The van der Waals surface area contributed by atoms with E-state index in [0.717, 1.165) is 37.3 Å². The van der Waals surface area contributed by atoms with E-state index >= 15 is 0 Å². The molecule has 0 radical (unpaired) electrons. The number of rotatable bonds is 10. The van der Waals surface area contributed by atoms with E-state index in [0.29, 0.717) is 24.9 Å². The number of hydrogen-bond acceptors (Lipinski definition) is 2. The molecule has 0 fully saturated rings. The Morgan fingerprint density at radius 2 is 2.04 bits per heavy atom. The van der Waals surface area contributed by atoms with Crippen LogP contribution in [0.1, 0.15) is 39.2 Å². The summed E-state index contributed by atoms with van der Waals surface area (Å²) in [6.07, 6.45) is 2.59. The van der Waals surface area contributed by atoms with Gasteiger partial charge in [-0.15, -0.1) is 24.0 Å². The predicted molar refractivity (Wildman–Crippen MR) is 114 cm³/mol. The molecular weight excluding hydrogens is 432 g/mol. The number of hydrogen-bond donors (Lipinski definition) is 3. The Bertz CT molecular complexity index is 497. The monoisotopic (exact) mass is 465 g/mol. The lowest BCUT2D eigenvalue weighted by atomic mass is 9.94. The Morgan fingerprint density at radius 1 is 1.28 bits per heavy atom. The molecule has 0 aliphatic carbocycles. The molecule has 25 heavy (non-hydrogen) atoms. The molecule has 0 spiro atoms. The van der Waals surface area contributed by atoms with E-state index in [4.69, 9.17) is 0 Å². The molecule has 1 rings (SSSR count). The van der Waals surface area contributed by atoms with Gasteiger partial charge in [-0.25, -0.2) is 4.39 Å². The lowest BCUT2D eigenvalue weighted by Crippen LogP contribution is -2.38. The van der Waals surface area contributed by atoms with Crippen molar-refractivity contribution < 1.29 is 9.50 Å². The molecule has 0 saturated heterocycles. The van der Waals surface area contributed by atoms with E-state index in [-0.39, 0.29) is 36.4 Å². The normalized spacial score (nSPS) is 12.6. The minimum Gasteiger partial charge on any atom is -0.396 e. The SMILES string of the molecule is CCNC(=NCC(CCO)CC(C)C)NCCc1cccc(F)c1.I. The Morgan fingerprint density at radius 3 is 2.64 bits per heavy atom. The minimum absolute atomic E-state index is 0. The quantitative estimate of drug-likeness (QED) is 0.281. The van der Waals surface area contributed by atoms with Crippen LogP contribution in [0.3, 0.4) is 0 Å². The molecule has 0 aromatic heterocycles. The van der Waals surface area contributed by atoms with Gasteiger partial charge in [-0.3, -0.25) is 4.99 Å². The molecule has 0 amide bonds. The van der Waals surface area contributed by atoms with Crippen LogP contribution >= 0.6 is 24.0 Å². The summed E-state index contributed by atoms with van der Waals surface area (Å²) in [7, 11) is 0. The Kier molecular flexibility index (Phi) is 13.8. The summed E-state index contributed by atoms with van der Waals surface area (Å²) in [5.74, 6) is 1.57. The second kappa shape index (κ2) is 14.3. The van der Waals surface area contributed by atoms with Gasteiger partial charge in [-0.1, -0.05) is 26.0 Å². The maximum absolute atomic E-state index is 13.2. The molecular formula is C19H33FIN3O. The number of aliphatic hydroxyl groups excluding tert-OH is 1. The Balaban J connectivity index is 0.00000576. The second-order valence-corrected chi connectivity index (χ2v) is 6.53. The highest BCUT2D eigenvalue weighted by Gasteiger charge is 2.10. The first-order valence-electron chi connectivity index (χ1n) is 8.92. The smallest absolute Gasteiger partial charge is 0.191 e. The van der Waals surface area contributed by atoms with Gasteiger partial charge in [0.1, 0.15) is 5.82 Å². The van der Waals surface area contributed by atoms with Crippen molar-refractivity contribution in [2.45, 2.75) is 40.0 Å². The van der Waals surface area contributed by atoms with Crippen LogP contribution in [0.4, 0.5) is 4.39 Å². The lowest BCUT2D eigenvalue weighted by Gasteiger charge is -2.17. The van der Waals surface area contributed by atoms with E-state index in [2.05, 4.69) is 29.5 Å². The van der Waals surface area contributed by atoms with Crippen molar-refractivity contribution >= 4 is 29.9 Å². The number of nitrogens with one attached hydrogen (secondary N) is 2. The first-order valence-corrected chi connectivity index (χ1v) is 8.92. The average Bonchev–Trinajstić information content (AvgIpc) is 2.52. The highest BCUT2D eigenvalue weighted by molar-refractivity contribution is 14.0. The van der Waals surface area contributed by atoms with Gasteiger partial charge in [0, 0.05) is 26.2 Å². The predicted octanol–water partition coefficient (Wildman–Crippen LogP) is 3.59. The van der Waals surface area contributed by atoms with Crippen LogP contribution in [0.5, 0.6) is 0 Å². The summed E-state index contributed by atoms with van der Waals surface area (Å²) in [4.78, 5) is 4.64. The van der Waals surface area contributed by atoms with E-state index in [1.54, 1.807) is 12.1 Å². The number of guanidine groups is 1. The van der Waals surface area contributed by atoms with Crippen LogP contribution in [-0.2, 0) is 6.42 Å². The average molecular weight is 465 g/mol. The molecule has 0 aliphatic heterocycles. The standard InChI is InChI=1S/C19H32FN3O.HI/c1-4-21-19(23-14-17(9-11-24)12-15(2)3)22-10-8-16-6-5-7-18(20)13-16;/h5-7,13,15,17,24H,4,8-12,14H2,1-3H3,(H2,21,22,23);1H. The van der Waals surface area contributed by atoms with Gasteiger partial charge in [-0.05, 0) is 55.7 Å². The zero-order valence-corrected chi connectivity index (χ0v) is 17.9. The molecule has 0 bridgehead atoms. The third kappa shape index (κ3) is 11.4. The van der Waals surface area contributed by atoms with Gasteiger partial charge >= 0.3 is 0 Å². The van der Waals surface area contributed by atoms with Gasteiger partial charge in [0.2, 0.25) is 0 Å². The number of nitrogens with zero attached hydrogens (tertiary/aromatic N) is 1. The highest BCUT2D eigenvalue weighted by atomic mass is 127. The third-order valence-electron chi connectivity index (χ3n) is 3.79. The van der Waals surface area contributed by atoms with Crippen LogP contribution < -0.4 is 10.6 Å². The third-order valence-corrected chi connectivity index (χ3v) is 3.79. The number of benzene rings is 1. The summed E-state index contributed by atoms with van der Waals surface area (Å²) < 4.78 is 13.2. The Hall–Kier alpha value is -0.890. The first-order chi connectivity index (χ1) is 11.5. The van der Waals surface area contributed by atoms with E-state index in [9.17, 15) is 9.50 Å². The molecule has 0 saturated carbocycles. The summed E-state index contributed by atoms with van der Waals surface area (Å²) in [5.41, 5.74) is 0.969. The molecule has 6 heteroatoms. The first kappa shape index (κ1) is 24.1. The molecule has 0 heterocycles. The summed E-state index contributed by atoms with van der Waals surface area (Å²) in [6, 6.07) is 6.67. The van der Waals surface area contributed by atoms with Gasteiger partial charge < -0.3 is 15.7 Å². The topological polar surface area (TPSA) is 56.7 Å². The van der Waals surface area contributed by atoms with Gasteiger partial charge in [0.25, 0.3) is 0 Å². The van der Waals surface area contributed by atoms with E-state index in [1.807, 2.05) is 13.0 Å². The second-order valence-electron chi connectivity index (χ2n) is 6.53. The molecule has 1 aromatic rings. The van der Waals surface area contributed by atoms with Crippen molar-refractivity contribution in [2.24, 2.45) is 16.8 Å². The lowest BCUT2D eigenvalue weighted by molar-refractivity contribution is 0.245. The van der Waals surface area contributed by atoms with E-state index in [1.165, 1.54) is 6.07 Å². The summed E-state index contributed by atoms with van der Waals surface area (Å²) >= 11 is 0. The van der Waals surface area contributed by atoms with Crippen molar-refractivity contribution in [3.8, 4) is 0 Å². The number of aliphatic hydroxyl groups is 1. The zero-order chi connectivity index (χ0) is 17.8. The highest BCUT2D eigenvalue weighted by Crippen LogP contribution is 2.15. The molecule has 4 nitrogen and oxygen atoms in total. The maximum atomic E-state index is 13.2. The molecule has 1 aromatic carbocycles. The van der Waals surface area contributed by atoms with Crippen LogP contribution in [0.15, 0.2) is 29.3 Å². The van der Waals surface area contributed by atoms with Gasteiger partial charge in [-0.2, -0.15) is 0 Å². The van der Waals surface area contributed by atoms with Gasteiger partial charge in [0.05, 0.1) is 0 Å². The van der Waals surface area contributed by atoms with Gasteiger partial charge in [0.15, 0.2) is 5.96 Å². The number of halogens is 2. The van der Waals surface area contributed by atoms with E-state index < -0.39 is 0 Å². The molecule has 0 aliphatic rings. The van der Waals surface area contributed by atoms with Crippen LogP contribution in [0, 0.1) is 17.7 Å². The zero-order valence-electron chi connectivity index (χ0n) is 15.6. The van der Waals surface area contributed by atoms with Crippen LogP contribution in [0.25, 0.3) is 0 Å². The van der Waals surface area contributed by atoms with Crippen molar-refractivity contribution in [3.63, 3.8) is 0 Å². The van der Waals surface area contributed by atoms with Crippen LogP contribution in [-0.4, -0.2) is 37.3 Å². The van der Waals surface area contributed by atoms with Crippen LogP contribution in [0.2, 0.25) is 0 Å². The fourth-order valence-electron chi connectivity index (χ4n) is 2.71. The molecule has 3 N–H and O–H groups in total. The fourth-order valence-corrected chi connectivity index (χ4v) is 2.71. The molecule has 144 valence electrons. The van der Waals surface area contributed by atoms with Crippen molar-refractivity contribution in [1.82, 2.24) is 10.6 Å². The summed E-state index contributed by atoms with van der Waals surface area (Å²) in [6.45, 7) is 8.81. The molecule has 1 atom stereocenters. The van der Waals surface area contributed by atoms with Crippen molar-refractivity contribution in [2.75, 3.05) is 26.2 Å². The van der Waals surface area contributed by atoms with Crippen molar-refractivity contribution in [3.05, 3.63) is 35.6 Å². The summed E-state index contributed by atoms with van der Waals surface area (Å²) in [5, 5.41) is 15.7. The molecule has 1 unspecified atom stereocenters. The fraction of sp³-hybridized carbons (Fsp3) is 0.632. The maximum Gasteiger partial charge on any atom is 0.191 e. The Labute approximate surface area is 168 Å². The number of aliphatic imine (C=N–C) groups is 1.